The van der Waals surface area contributed by atoms with Gasteiger partial charge in [-0.15, -0.1) is 0 Å². The first-order valence-corrected chi connectivity index (χ1v) is 10.1. The molecule has 2 amide bonds. The van der Waals surface area contributed by atoms with Crippen molar-refractivity contribution in [1.29, 1.82) is 0 Å². The van der Waals surface area contributed by atoms with Crippen LogP contribution < -0.4 is 5.56 Å². The summed E-state index contributed by atoms with van der Waals surface area (Å²) in [5, 5.41) is 0. The molecule has 152 valence electrons. The van der Waals surface area contributed by atoms with E-state index in [9.17, 15) is 14.4 Å². The van der Waals surface area contributed by atoms with Crippen LogP contribution in [-0.4, -0.2) is 66.0 Å². The highest BCUT2D eigenvalue weighted by molar-refractivity contribution is 5.94. The van der Waals surface area contributed by atoms with E-state index in [1.165, 1.54) is 0 Å². The highest BCUT2D eigenvalue weighted by Crippen LogP contribution is 2.21. The number of benzene rings is 1. The Bertz CT molecular complexity index is 935. The number of carbonyl (C=O) groups excluding carboxylic acids is 2. The van der Waals surface area contributed by atoms with Crippen LogP contribution in [0.2, 0.25) is 0 Å². The number of pyridine rings is 1. The van der Waals surface area contributed by atoms with E-state index in [2.05, 4.69) is 4.98 Å². The molecule has 2 aliphatic heterocycles. The second-order valence-electron chi connectivity index (χ2n) is 7.51. The van der Waals surface area contributed by atoms with E-state index in [0.717, 1.165) is 18.4 Å². The van der Waals surface area contributed by atoms with Gasteiger partial charge in [-0.2, -0.15) is 0 Å². The number of H-pyrrole nitrogens is 1. The standard InChI is InChI=1S/C22H25N3O4/c26-20-18(8-9-19(23-20)16-5-2-1-3-6-16)22(28)25-10-4-7-17(15-25)21(27)24-11-13-29-14-12-24/h1-3,5-6,8-9,17H,4,7,10-15H2,(H,23,26)/t17-/m0/s1. The topological polar surface area (TPSA) is 82.7 Å². The van der Waals surface area contributed by atoms with Crippen molar-refractivity contribution < 1.29 is 14.3 Å². The minimum absolute atomic E-state index is 0.0825. The van der Waals surface area contributed by atoms with Crippen molar-refractivity contribution in [3.63, 3.8) is 0 Å². The Labute approximate surface area is 169 Å². The molecule has 0 spiro atoms. The molecule has 0 bridgehead atoms. The summed E-state index contributed by atoms with van der Waals surface area (Å²) in [6.45, 7) is 3.24. The maximum absolute atomic E-state index is 13.0. The van der Waals surface area contributed by atoms with E-state index in [-0.39, 0.29) is 23.3 Å². The lowest BCUT2D eigenvalue weighted by Gasteiger charge is -2.36. The van der Waals surface area contributed by atoms with E-state index in [0.29, 0.717) is 45.1 Å². The minimum atomic E-state index is -0.405. The van der Waals surface area contributed by atoms with E-state index >= 15 is 0 Å². The molecule has 29 heavy (non-hydrogen) atoms. The van der Waals surface area contributed by atoms with E-state index in [1.54, 1.807) is 17.0 Å². The van der Waals surface area contributed by atoms with E-state index < -0.39 is 5.56 Å². The summed E-state index contributed by atoms with van der Waals surface area (Å²) in [4.78, 5) is 44.6. The number of ether oxygens (including phenoxy) is 1. The average Bonchev–Trinajstić information content (AvgIpc) is 2.79. The fourth-order valence-corrected chi connectivity index (χ4v) is 4.00. The van der Waals surface area contributed by atoms with Gasteiger partial charge in [0.1, 0.15) is 5.56 Å². The van der Waals surface area contributed by atoms with Gasteiger partial charge in [-0.05, 0) is 30.5 Å². The number of nitrogens with one attached hydrogen (secondary N) is 1. The number of nitrogens with zero attached hydrogens (tertiary/aromatic N) is 2. The van der Waals surface area contributed by atoms with Gasteiger partial charge in [0.15, 0.2) is 0 Å². The molecule has 1 atom stereocenters. The molecule has 7 heteroatoms. The lowest BCUT2D eigenvalue weighted by atomic mass is 9.95. The van der Waals surface area contributed by atoms with E-state index in [1.807, 2.05) is 35.2 Å². The van der Waals surface area contributed by atoms with Crippen LogP contribution in [0.5, 0.6) is 0 Å². The first-order valence-electron chi connectivity index (χ1n) is 10.1. The van der Waals surface area contributed by atoms with Crippen molar-refractivity contribution in [3.8, 4) is 11.3 Å². The van der Waals surface area contributed by atoms with Gasteiger partial charge in [0.2, 0.25) is 5.91 Å². The molecule has 2 aliphatic rings. The van der Waals surface area contributed by atoms with Crippen LogP contribution in [0.3, 0.4) is 0 Å². The molecule has 2 aromatic rings. The van der Waals surface area contributed by atoms with Crippen LogP contribution in [0.4, 0.5) is 0 Å². The average molecular weight is 395 g/mol. The Morgan fingerprint density at radius 3 is 2.45 bits per heavy atom. The summed E-state index contributed by atoms with van der Waals surface area (Å²) in [6, 6.07) is 12.8. The highest BCUT2D eigenvalue weighted by atomic mass is 16.5. The van der Waals surface area contributed by atoms with Crippen molar-refractivity contribution in [3.05, 3.63) is 58.4 Å². The number of piperidine rings is 1. The molecule has 1 aromatic carbocycles. The lowest BCUT2D eigenvalue weighted by molar-refractivity contribution is -0.141. The minimum Gasteiger partial charge on any atom is -0.378 e. The van der Waals surface area contributed by atoms with Gasteiger partial charge in [0, 0.05) is 31.9 Å². The van der Waals surface area contributed by atoms with Crippen molar-refractivity contribution >= 4 is 11.8 Å². The number of rotatable bonds is 3. The molecule has 2 fully saturated rings. The Balaban J connectivity index is 1.47. The predicted octanol–water partition coefficient (Wildman–Crippen LogP) is 1.75. The maximum Gasteiger partial charge on any atom is 0.261 e. The van der Waals surface area contributed by atoms with Crippen LogP contribution in [0.15, 0.2) is 47.3 Å². The Morgan fingerprint density at radius 1 is 0.966 bits per heavy atom. The van der Waals surface area contributed by atoms with Gasteiger partial charge in [-0.1, -0.05) is 30.3 Å². The quantitative estimate of drug-likeness (QED) is 0.858. The lowest BCUT2D eigenvalue weighted by Crippen LogP contribution is -2.50. The molecule has 4 rings (SSSR count). The van der Waals surface area contributed by atoms with Crippen molar-refractivity contribution in [2.75, 3.05) is 39.4 Å². The third-order valence-electron chi connectivity index (χ3n) is 5.61. The molecular formula is C22H25N3O4. The second kappa shape index (κ2) is 8.61. The third kappa shape index (κ3) is 4.24. The molecule has 3 heterocycles. The number of hydrogen-bond acceptors (Lipinski definition) is 4. The van der Waals surface area contributed by atoms with Gasteiger partial charge >= 0.3 is 0 Å². The molecular weight excluding hydrogens is 370 g/mol. The Morgan fingerprint density at radius 2 is 1.72 bits per heavy atom. The summed E-state index contributed by atoms with van der Waals surface area (Å²) in [6.07, 6.45) is 1.52. The van der Waals surface area contributed by atoms with Crippen LogP contribution in [0, 0.1) is 5.92 Å². The van der Waals surface area contributed by atoms with Gasteiger partial charge in [-0.25, -0.2) is 0 Å². The van der Waals surface area contributed by atoms with E-state index in [4.69, 9.17) is 4.74 Å². The fourth-order valence-electron chi connectivity index (χ4n) is 4.00. The molecule has 1 N–H and O–H groups in total. The number of amides is 2. The summed E-state index contributed by atoms with van der Waals surface area (Å²) in [7, 11) is 0. The summed E-state index contributed by atoms with van der Waals surface area (Å²) in [5.74, 6) is -0.446. The van der Waals surface area contributed by atoms with Gasteiger partial charge in [0.25, 0.3) is 11.5 Å². The first-order chi connectivity index (χ1) is 14.1. The molecule has 0 aliphatic carbocycles. The summed E-state index contributed by atoms with van der Waals surface area (Å²) in [5.41, 5.74) is 1.27. The normalized spacial score (nSPS) is 19.8. The number of aromatic nitrogens is 1. The maximum atomic E-state index is 13.0. The van der Waals surface area contributed by atoms with Crippen LogP contribution in [-0.2, 0) is 9.53 Å². The highest BCUT2D eigenvalue weighted by Gasteiger charge is 2.32. The van der Waals surface area contributed by atoms with Gasteiger partial charge in [0.05, 0.1) is 19.1 Å². The molecule has 7 nitrogen and oxygen atoms in total. The molecule has 1 aromatic heterocycles. The second-order valence-corrected chi connectivity index (χ2v) is 7.51. The summed E-state index contributed by atoms with van der Waals surface area (Å²) < 4.78 is 5.31. The number of hydrogen-bond donors (Lipinski definition) is 1. The predicted molar refractivity (Wildman–Crippen MR) is 109 cm³/mol. The SMILES string of the molecule is O=C(c1ccc(-c2ccccc2)[nH]c1=O)N1CCC[C@H](C(=O)N2CCOCC2)C1. The van der Waals surface area contributed by atoms with Gasteiger partial charge in [-0.3, -0.25) is 14.4 Å². The van der Waals surface area contributed by atoms with Crippen molar-refractivity contribution in [2.24, 2.45) is 5.92 Å². The molecule has 0 unspecified atom stereocenters. The molecule has 0 radical (unpaired) electrons. The third-order valence-corrected chi connectivity index (χ3v) is 5.61. The van der Waals surface area contributed by atoms with Crippen LogP contribution in [0.25, 0.3) is 11.3 Å². The van der Waals surface area contributed by atoms with Crippen LogP contribution >= 0.6 is 0 Å². The van der Waals surface area contributed by atoms with Crippen molar-refractivity contribution in [1.82, 2.24) is 14.8 Å². The zero-order valence-corrected chi connectivity index (χ0v) is 16.3. The Kier molecular flexibility index (Phi) is 5.76. The van der Waals surface area contributed by atoms with Crippen molar-refractivity contribution in [2.45, 2.75) is 12.8 Å². The molecule has 0 saturated carbocycles. The zero-order valence-electron chi connectivity index (χ0n) is 16.3. The Hall–Kier alpha value is -2.93. The number of carbonyl (C=O) groups is 2. The van der Waals surface area contributed by atoms with Gasteiger partial charge < -0.3 is 19.5 Å². The zero-order chi connectivity index (χ0) is 20.2. The fraction of sp³-hybridized carbons (Fsp3) is 0.409. The number of morpholine rings is 1. The monoisotopic (exact) mass is 395 g/mol. The molecule has 2 saturated heterocycles. The van der Waals surface area contributed by atoms with Crippen LogP contribution in [0.1, 0.15) is 23.2 Å². The number of aromatic amines is 1. The first kappa shape index (κ1) is 19.4. The largest absolute Gasteiger partial charge is 0.378 e. The smallest absolute Gasteiger partial charge is 0.261 e. The summed E-state index contributed by atoms with van der Waals surface area (Å²) >= 11 is 0. The number of likely N-dealkylation sites (tertiary alicyclic amines) is 1.